The number of para-hydroxylation sites is 2. The van der Waals surface area contributed by atoms with Gasteiger partial charge < -0.3 is 0 Å². The number of rotatable bonds is 30. The van der Waals surface area contributed by atoms with Crippen LogP contribution in [-0.4, -0.2) is 71.7 Å². The Bertz CT molecular complexity index is 4120. The van der Waals surface area contributed by atoms with E-state index in [1.165, 1.54) is 163 Å². The molecule has 0 aliphatic carbocycles. The third kappa shape index (κ3) is 23.8. The molecule has 0 N–H and O–H groups in total. The number of hydrogen-bond acceptors (Lipinski definition) is 2. The van der Waals surface area contributed by atoms with E-state index in [0.29, 0.717) is 107 Å². The van der Waals surface area contributed by atoms with E-state index in [1.807, 2.05) is 28.0 Å². The number of aryl methyl sites for hydroxylation is 4. The van der Waals surface area contributed by atoms with Crippen LogP contribution in [0.25, 0.3) is 0 Å². The fraction of sp³-hybridized carbons (Fsp3) is 0.537. The van der Waals surface area contributed by atoms with Gasteiger partial charge in [0.05, 0.1) is 11.4 Å². The van der Waals surface area contributed by atoms with Crippen LogP contribution >= 0.6 is 22.2 Å². The maximum atomic E-state index is 8.64. The standard InChI is InChI=1S/2C54H78ClNSi2.Ge2/c2*1-30(2)41-24-44(33(7)8)51(45(25-41)34(9)10)57(52-46(35(11)12)26-42(31(3)4)27-47(52)36(13)14)54(56-50-39(19)22-21-23-40(50)20)58(55)53-48(37(15)16)28-43(32(5)6)29-49(53)38(17)18;1-2/h2*21-38H,1-20H3;. The van der Waals surface area contributed by atoms with E-state index in [1.54, 1.807) is 0 Å². The van der Waals surface area contributed by atoms with Crippen LogP contribution < -0.4 is 31.1 Å². The van der Waals surface area contributed by atoms with Gasteiger partial charge in [-0.2, -0.15) is 22.2 Å². The van der Waals surface area contributed by atoms with E-state index < -0.39 is 33.8 Å². The summed E-state index contributed by atoms with van der Waals surface area (Å²) in [6.07, 6.45) is 0. The van der Waals surface area contributed by atoms with Crippen molar-refractivity contribution in [2.75, 3.05) is 0 Å². The summed E-state index contributed by atoms with van der Waals surface area (Å²) in [6, 6.07) is 43.9. The predicted molar refractivity (Wildman–Crippen MR) is 542 cm³/mol. The van der Waals surface area contributed by atoms with E-state index in [0.717, 1.165) is 11.4 Å². The van der Waals surface area contributed by atoms with Gasteiger partial charge in [-0.15, -0.1) is 0 Å². The molecule has 8 aromatic carbocycles. The summed E-state index contributed by atoms with van der Waals surface area (Å²) < 4.78 is 0. The second-order valence-electron chi connectivity index (χ2n) is 40.0. The molecular formula is C108H156Cl2Ge2N2Si4. The van der Waals surface area contributed by atoms with E-state index in [9.17, 15) is 0 Å². The summed E-state index contributed by atoms with van der Waals surface area (Å²) >= 11 is 21.3. The Morgan fingerprint density at radius 1 is 0.220 bits per heavy atom. The third-order valence-corrected chi connectivity index (χ3v) is 39.2. The van der Waals surface area contributed by atoms with Gasteiger partial charge in [-0.3, -0.25) is 9.98 Å². The van der Waals surface area contributed by atoms with Gasteiger partial charge in [0.15, 0.2) is 17.6 Å². The molecule has 0 aliphatic heterocycles. The van der Waals surface area contributed by atoms with Crippen LogP contribution in [0.3, 0.4) is 0 Å². The summed E-state index contributed by atoms with van der Waals surface area (Å²) in [7, 11) is -7.63. The number of aliphatic imine (C=N–C) groups is 2. The van der Waals surface area contributed by atoms with E-state index in [-0.39, 0.29) is 0 Å². The molecule has 0 atom stereocenters. The average Bonchev–Trinajstić information content (AvgIpc) is 0.735. The zero-order chi connectivity index (χ0) is 89.3. The molecule has 8 radical (unpaired) electrons. The predicted octanol–water partition coefficient (Wildman–Crippen LogP) is 29.3. The normalized spacial score (nSPS) is 12.8. The first-order valence-electron chi connectivity index (χ1n) is 45.4. The first kappa shape index (κ1) is 102. The molecule has 8 rings (SSSR count). The molecule has 8 aromatic rings. The third-order valence-electron chi connectivity index (χ3n) is 24.4. The van der Waals surface area contributed by atoms with Gasteiger partial charge in [-0.05, 0) is 288 Å². The van der Waals surface area contributed by atoms with Crippen molar-refractivity contribution in [3.05, 3.63) is 232 Å². The van der Waals surface area contributed by atoms with Crippen molar-refractivity contribution in [3.8, 4) is 0 Å². The summed E-state index contributed by atoms with van der Waals surface area (Å²) in [5, 5.41) is 8.88. The van der Waals surface area contributed by atoms with Crippen LogP contribution in [0.5, 0.6) is 0 Å². The zero-order valence-electron chi connectivity index (χ0n) is 81.4. The number of hydrogen-bond donors (Lipinski definition) is 0. The molecule has 0 saturated heterocycles. The summed E-state index contributed by atoms with van der Waals surface area (Å²) in [6.45, 7) is 94.6. The Morgan fingerprint density at radius 3 is 0.466 bits per heavy atom. The SMILES string of the molecule is Cc1cccc(C)c1N=C([Si](Cl)c1c(C(C)C)cc(C(C)C)cc1C(C)C)[Si](c1c(C(C)C)cc(C(C)C)cc1C(C)C)c1c(C(C)C)cc(C(C)C)cc1C(C)C.Cc1cccc(C)c1N=C([Si](Cl)c1c(C(C)C)cc(C(C)C)cc1C(C)C)[Si](c1c(C(C)C)cc(C(C)C)cc1C(C)C)c1c(C(C)C)cc(C(C)C)cc1C(C)C.[Ge]=[Ge]. The molecule has 0 saturated carbocycles. The molecule has 0 spiro atoms. The van der Waals surface area contributed by atoms with Crippen LogP contribution in [0.15, 0.2) is 119 Å². The summed E-state index contributed by atoms with van der Waals surface area (Å²) in [5.74, 6) is 6.57. The van der Waals surface area contributed by atoms with Crippen LogP contribution in [0.2, 0.25) is 0 Å². The van der Waals surface area contributed by atoms with Gasteiger partial charge in [0.2, 0.25) is 16.2 Å². The van der Waals surface area contributed by atoms with Crippen LogP contribution in [0.1, 0.15) is 478 Å². The van der Waals surface area contributed by atoms with Crippen molar-refractivity contribution in [1.29, 1.82) is 0 Å². The van der Waals surface area contributed by atoms with Gasteiger partial charge in [-0.25, -0.2) is 0 Å². The first-order valence-corrected chi connectivity index (χ1v) is 59.9. The van der Waals surface area contributed by atoms with Crippen molar-refractivity contribution < 1.29 is 0 Å². The molecule has 0 unspecified atom stereocenters. The minimum absolute atomic E-state index is 0.327. The Labute approximate surface area is 754 Å². The van der Waals surface area contributed by atoms with Crippen molar-refractivity contribution in [1.82, 2.24) is 0 Å². The fourth-order valence-corrected chi connectivity index (χ4v) is 34.7. The molecule has 2 nitrogen and oxygen atoms in total. The summed E-state index contributed by atoms with van der Waals surface area (Å²) in [5.41, 5.74) is 33.0. The molecule has 118 heavy (non-hydrogen) atoms. The van der Waals surface area contributed by atoms with E-state index in [4.69, 9.17) is 32.1 Å². The van der Waals surface area contributed by atoms with E-state index in [2.05, 4.69) is 386 Å². The Hall–Kier alpha value is -4.37. The van der Waals surface area contributed by atoms with Gasteiger partial charge in [0.25, 0.3) is 0 Å². The van der Waals surface area contributed by atoms with Crippen molar-refractivity contribution in [2.24, 2.45) is 9.98 Å². The minimum atomic E-state index is -1.97. The maximum absolute atomic E-state index is 8.64. The summed E-state index contributed by atoms with van der Waals surface area (Å²) in [4.78, 5) is 14.8. The van der Waals surface area contributed by atoms with Crippen molar-refractivity contribution >= 4 is 136 Å². The fourth-order valence-electron chi connectivity index (χ4n) is 17.0. The Kier molecular flexibility index (Phi) is 38.6. The van der Waals surface area contributed by atoms with Gasteiger partial charge in [0.1, 0.15) is 0 Å². The molecule has 0 aromatic heterocycles. The molecule has 0 aliphatic rings. The van der Waals surface area contributed by atoms with Crippen LogP contribution in [0.4, 0.5) is 11.4 Å². The molecule has 0 fully saturated rings. The molecule has 10 heteroatoms. The van der Waals surface area contributed by atoms with Crippen molar-refractivity contribution in [2.45, 2.75) is 383 Å². The molecule has 636 valence electrons. The van der Waals surface area contributed by atoms with Crippen LogP contribution in [-0.2, 0) is 0 Å². The Balaban J connectivity index is 0.000000359. The zero-order valence-corrected chi connectivity index (χ0v) is 91.1. The van der Waals surface area contributed by atoms with Crippen LogP contribution in [0, 0.1) is 27.7 Å². The van der Waals surface area contributed by atoms with Gasteiger partial charge in [-0.1, -0.05) is 358 Å². The van der Waals surface area contributed by atoms with Gasteiger partial charge >= 0.3 is 28.0 Å². The topological polar surface area (TPSA) is 24.7 Å². The Morgan fingerprint density at radius 2 is 0.347 bits per heavy atom. The average molecular weight is 1810 g/mol. The van der Waals surface area contributed by atoms with E-state index >= 15 is 0 Å². The second kappa shape index (κ2) is 44.5. The van der Waals surface area contributed by atoms with Crippen molar-refractivity contribution in [3.63, 3.8) is 0 Å². The number of benzene rings is 8. The molecule has 0 heterocycles. The van der Waals surface area contributed by atoms with Gasteiger partial charge in [0, 0.05) is 9.92 Å². The molecule has 0 amide bonds. The number of halogens is 2. The first-order chi connectivity index (χ1) is 55.0. The monoisotopic (exact) mass is 1810 g/mol. The number of nitrogens with zero attached hydrogens (tertiary/aromatic N) is 2. The second-order valence-corrected chi connectivity index (χ2v) is 50.9. The molecular weight excluding hydrogens is 1650 g/mol. The quantitative estimate of drug-likeness (QED) is 0.0244. The molecule has 0 bridgehead atoms.